The lowest BCUT2D eigenvalue weighted by Crippen LogP contribution is -1.92. The van der Waals surface area contributed by atoms with E-state index >= 15 is 0 Å². The highest BCUT2D eigenvalue weighted by atomic mass is 14.3. The number of rotatable bonds is 3. The van der Waals surface area contributed by atoms with Crippen LogP contribution < -0.4 is 0 Å². The van der Waals surface area contributed by atoms with Gasteiger partial charge < -0.3 is 0 Å². The molecule has 15 heavy (non-hydrogen) atoms. The molecule has 1 fully saturated rings. The number of fused-ring (bicyclic) bond motifs is 2. The van der Waals surface area contributed by atoms with Crippen LogP contribution in [0.25, 0.3) is 0 Å². The Morgan fingerprint density at radius 2 is 2.20 bits per heavy atom. The summed E-state index contributed by atoms with van der Waals surface area (Å²) in [5.41, 5.74) is 3.62. The first-order valence-corrected chi connectivity index (χ1v) is 6.23. The lowest BCUT2D eigenvalue weighted by atomic mass is 9.98. The summed E-state index contributed by atoms with van der Waals surface area (Å²) in [6, 6.07) is 0. The zero-order chi connectivity index (χ0) is 11.1. The third-order valence-electron chi connectivity index (χ3n) is 3.39. The fourth-order valence-corrected chi connectivity index (χ4v) is 2.55. The molecule has 0 radical (unpaired) electrons. The van der Waals surface area contributed by atoms with Gasteiger partial charge in [-0.3, -0.25) is 0 Å². The van der Waals surface area contributed by atoms with Gasteiger partial charge in [0.2, 0.25) is 0 Å². The molecule has 1 unspecified atom stereocenters. The first-order valence-electron chi connectivity index (χ1n) is 6.23. The van der Waals surface area contributed by atoms with E-state index in [1.54, 1.807) is 5.57 Å². The Balaban J connectivity index is 0.000000167. The summed E-state index contributed by atoms with van der Waals surface area (Å²) in [6.07, 6.45) is 14.1. The van der Waals surface area contributed by atoms with Gasteiger partial charge >= 0.3 is 0 Å². The van der Waals surface area contributed by atoms with Crippen molar-refractivity contribution in [2.75, 3.05) is 0 Å². The van der Waals surface area contributed by atoms with Gasteiger partial charge in [0.25, 0.3) is 0 Å². The normalized spacial score (nSPS) is 23.2. The van der Waals surface area contributed by atoms with Crippen LogP contribution in [0.1, 0.15) is 52.4 Å². The molecule has 0 aromatic carbocycles. The molecule has 0 heterocycles. The molecule has 0 saturated heterocycles. The van der Waals surface area contributed by atoms with Gasteiger partial charge in [-0.15, -0.1) is 6.58 Å². The van der Waals surface area contributed by atoms with Crippen LogP contribution in [0.5, 0.6) is 0 Å². The summed E-state index contributed by atoms with van der Waals surface area (Å²) in [6.45, 7) is 7.85. The Morgan fingerprint density at radius 3 is 2.47 bits per heavy atom. The van der Waals surface area contributed by atoms with E-state index in [1.807, 2.05) is 24.6 Å². The minimum Gasteiger partial charge on any atom is -0.103 e. The van der Waals surface area contributed by atoms with Crippen molar-refractivity contribution in [2.45, 2.75) is 52.4 Å². The standard InChI is InChI=1S/C9H14.C6H10/c1-2-8-5-7-3-4-9(8)6-7;1-3-5-6-4-2/h7H,2-6H2,1H3;3-4,6H,1,5H2,2H3. The maximum absolute atomic E-state index is 3.55. The Morgan fingerprint density at radius 1 is 1.40 bits per heavy atom. The Bertz CT molecular complexity index is 255. The number of hydrogen-bond donors (Lipinski definition) is 0. The van der Waals surface area contributed by atoms with Crippen LogP contribution >= 0.6 is 0 Å². The molecule has 1 atom stereocenters. The van der Waals surface area contributed by atoms with Gasteiger partial charge in [-0.25, -0.2) is 0 Å². The smallest absolute Gasteiger partial charge is 0.0172 e. The molecule has 0 aromatic heterocycles. The van der Waals surface area contributed by atoms with Crippen LogP contribution in [0.4, 0.5) is 0 Å². The van der Waals surface area contributed by atoms with Crippen LogP contribution in [0.15, 0.2) is 36.0 Å². The van der Waals surface area contributed by atoms with E-state index in [0.717, 1.165) is 12.3 Å². The van der Waals surface area contributed by atoms with Gasteiger partial charge in [0.05, 0.1) is 0 Å². The predicted octanol–water partition coefficient (Wildman–Crippen LogP) is 5.04. The second-order valence-electron chi connectivity index (χ2n) is 4.47. The SMILES string of the molecule is C=CCC=CC.CCC1=C2CCC(C1)C2. The van der Waals surface area contributed by atoms with Crippen molar-refractivity contribution in [1.29, 1.82) is 0 Å². The molecule has 0 amide bonds. The van der Waals surface area contributed by atoms with Gasteiger partial charge in [0.15, 0.2) is 0 Å². The summed E-state index contributed by atoms with van der Waals surface area (Å²) < 4.78 is 0. The molecular weight excluding hydrogens is 180 g/mol. The Hall–Kier alpha value is -0.780. The van der Waals surface area contributed by atoms with Gasteiger partial charge in [-0.1, -0.05) is 36.3 Å². The van der Waals surface area contributed by atoms with E-state index in [-0.39, 0.29) is 0 Å². The minimum absolute atomic E-state index is 0.997. The maximum atomic E-state index is 3.55. The molecule has 0 heteroatoms. The van der Waals surface area contributed by atoms with Crippen molar-refractivity contribution in [3.63, 3.8) is 0 Å². The average Bonchev–Trinajstić information content (AvgIpc) is 2.88. The topological polar surface area (TPSA) is 0 Å². The van der Waals surface area contributed by atoms with Crippen LogP contribution in [0.3, 0.4) is 0 Å². The second kappa shape index (κ2) is 6.66. The molecule has 2 rings (SSSR count). The van der Waals surface area contributed by atoms with Crippen LogP contribution in [0, 0.1) is 5.92 Å². The molecule has 84 valence electrons. The lowest BCUT2D eigenvalue weighted by molar-refractivity contribution is 0.557. The summed E-state index contributed by atoms with van der Waals surface area (Å²) in [5, 5.41) is 0. The van der Waals surface area contributed by atoms with Crippen LogP contribution in [-0.4, -0.2) is 0 Å². The van der Waals surface area contributed by atoms with E-state index in [4.69, 9.17) is 0 Å². The summed E-state index contributed by atoms with van der Waals surface area (Å²) in [7, 11) is 0. The van der Waals surface area contributed by atoms with Crippen molar-refractivity contribution in [3.8, 4) is 0 Å². The maximum Gasteiger partial charge on any atom is -0.0172 e. The highest BCUT2D eigenvalue weighted by Crippen LogP contribution is 2.44. The van der Waals surface area contributed by atoms with E-state index < -0.39 is 0 Å². The zero-order valence-corrected chi connectivity index (χ0v) is 10.3. The first-order chi connectivity index (χ1) is 7.31. The molecule has 2 aliphatic rings. The fourth-order valence-electron chi connectivity index (χ4n) is 2.55. The fraction of sp³-hybridized carbons (Fsp3) is 0.600. The first kappa shape index (κ1) is 12.3. The molecule has 2 bridgehead atoms. The molecule has 2 aliphatic carbocycles. The third-order valence-corrected chi connectivity index (χ3v) is 3.39. The average molecular weight is 204 g/mol. The summed E-state index contributed by atoms with van der Waals surface area (Å²) in [4.78, 5) is 0. The minimum atomic E-state index is 0.997. The van der Waals surface area contributed by atoms with Crippen molar-refractivity contribution >= 4 is 0 Å². The lowest BCUT2D eigenvalue weighted by Gasteiger charge is -2.08. The van der Waals surface area contributed by atoms with E-state index in [0.29, 0.717) is 0 Å². The summed E-state index contributed by atoms with van der Waals surface area (Å²) in [5.74, 6) is 1.08. The second-order valence-corrected chi connectivity index (χ2v) is 4.47. The van der Waals surface area contributed by atoms with Gasteiger partial charge in [-0.05, 0) is 51.4 Å². The molecule has 0 N–H and O–H groups in total. The van der Waals surface area contributed by atoms with Crippen molar-refractivity contribution in [3.05, 3.63) is 36.0 Å². The number of hydrogen-bond acceptors (Lipinski definition) is 0. The quantitative estimate of drug-likeness (QED) is 0.565. The number of allylic oxidation sites excluding steroid dienone is 5. The zero-order valence-electron chi connectivity index (χ0n) is 10.3. The molecule has 0 aromatic rings. The third kappa shape index (κ3) is 3.70. The predicted molar refractivity (Wildman–Crippen MR) is 68.9 cm³/mol. The van der Waals surface area contributed by atoms with Crippen molar-refractivity contribution in [1.82, 2.24) is 0 Å². The Labute approximate surface area is 94.8 Å². The Kier molecular flexibility index (Phi) is 5.45. The molecule has 1 saturated carbocycles. The van der Waals surface area contributed by atoms with Crippen molar-refractivity contribution in [2.24, 2.45) is 5.92 Å². The molecule has 0 nitrogen and oxygen atoms in total. The highest BCUT2D eigenvalue weighted by molar-refractivity contribution is 5.25. The van der Waals surface area contributed by atoms with Crippen LogP contribution in [0.2, 0.25) is 0 Å². The molecule has 0 aliphatic heterocycles. The van der Waals surface area contributed by atoms with E-state index in [1.165, 1.54) is 32.1 Å². The van der Waals surface area contributed by atoms with Gasteiger partial charge in [0, 0.05) is 0 Å². The molecular formula is C15H24. The van der Waals surface area contributed by atoms with Crippen molar-refractivity contribution < 1.29 is 0 Å². The monoisotopic (exact) mass is 204 g/mol. The highest BCUT2D eigenvalue weighted by Gasteiger charge is 2.28. The van der Waals surface area contributed by atoms with E-state index in [9.17, 15) is 0 Å². The largest absolute Gasteiger partial charge is 0.103 e. The van der Waals surface area contributed by atoms with E-state index in [2.05, 4.69) is 19.6 Å². The van der Waals surface area contributed by atoms with Crippen LogP contribution in [-0.2, 0) is 0 Å². The van der Waals surface area contributed by atoms with Gasteiger partial charge in [-0.2, -0.15) is 0 Å². The molecule has 0 spiro atoms. The van der Waals surface area contributed by atoms with Gasteiger partial charge in [0.1, 0.15) is 0 Å². The summed E-state index contributed by atoms with van der Waals surface area (Å²) >= 11 is 0.